The van der Waals surface area contributed by atoms with Crippen molar-refractivity contribution in [3.8, 4) is 17.2 Å². The molecular weight excluding hydrogens is 516 g/mol. The highest BCUT2D eigenvalue weighted by molar-refractivity contribution is 7.22. The molecule has 3 aromatic carbocycles. The number of anilines is 1. The first-order valence-electron chi connectivity index (χ1n) is 12.7. The third kappa shape index (κ3) is 5.05. The lowest BCUT2D eigenvalue weighted by atomic mass is 9.95. The summed E-state index contributed by atoms with van der Waals surface area (Å²) in [7, 11) is 1.54. The van der Waals surface area contributed by atoms with Crippen LogP contribution in [0.1, 0.15) is 37.4 Å². The summed E-state index contributed by atoms with van der Waals surface area (Å²) in [5.74, 6) is 0.0731. The third-order valence-corrected chi connectivity index (χ3v) is 7.34. The minimum absolute atomic E-state index is 0.0212. The van der Waals surface area contributed by atoms with E-state index >= 15 is 0 Å². The summed E-state index contributed by atoms with van der Waals surface area (Å²) in [6.07, 6.45) is 0.829. The number of rotatable bonds is 9. The second-order valence-corrected chi connectivity index (χ2v) is 9.89. The number of aromatic nitrogens is 1. The summed E-state index contributed by atoms with van der Waals surface area (Å²) in [5.41, 5.74) is 1.66. The number of aliphatic hydroxyl groups is 1. The normalized spacial score (nSPS) is 16.6. The zero-order valence-corrected chi connectivity index (χ0v) is 22.7. The highest BCUT2D eigenvalue weighted by Crippen LogP contribution is 2.45. The van der Waals surface area contributed by atoms with E-state index in [0.29, 0.717) is 52.2 Å². The number of Topliss-reactive ketones (excluding diaryl/α,β-unsaturated/α-hetero) is 1. The van der Waals surface area contributed by atoms with Crippen LogP contribution in [0.5, 0.6) is 17.2 Å². The van der Waals surface area contributed by atoms with Crippen LogP contribution >= 0.6 is 11.3 Å². The Bertz CT molecular complexity index is 1560. The van der Waals surface area contributed by atoms with Gasteiger partial charge in [0.2, 0.25) is 0 Å². The lowest BCUT2D eigenvalue weighted by Gasteiger charge is -2.23. The van der Waals surface area contributed by atoms with Gasteiger partial charge in [0.15, 0.2) is 5.13 Å². The fourth-order valence-corrected chi connectivity index (χ4v) is 5.52. The van der Waals surface area contributed by atoms with E-state index in [1.165, 1.54) is 16.2 Å². The molecule has 1 amide bonds. The van der Waals surface area contributed by atoms with Crippen LogP contribution in [0.4, 0.5) is 5.13 Å². The molecule has 1 fully saturated rings. The number of methoxy groups -OCH3 is 1. The van der Waals surface area contributed by atoms with Crippen LogP contribution < -0.4 is 19.1 Å². The van der Waals surface area contributed by atoms with Crippen molar-refractivity contribution < 1.29 is 28.9 Å². The number of amides is 1. The van der Waals surface area contributed by atoms with Gasteiger partial charge in [-0.15, -0.1) is 0 Å². The summed E-state index contributed by atoms with van der Waals surface area (Å²) >= 11 is 1.28. The van der Waals surface area contributed by atoms with E-state index in [-0.39, 0.29) is 11.3 Å². The van der Waals surface area contributed by atoms with Gasteiger partial charge in [0.1, 0.15) is 23.0 Å². The number of hydrogen-bond acceptors (Lipinski definition) is 8. The molecule has 4 aromatic rings. The first-order chi connectivity index (χ1) is 18.9. The number of carbonyl (C=O) groups is 2. The highest BCUT2D eigenvalue weighted by atomic mass is 32.1. The van der Waals surface area contributed by atoms with Gasteiger partial charge >= 0.3 is 5.91 Å². The molecule has 1 unspecified atom stereocenters. The van der Waals surface area contributed by atoms with Gasteiger partial charge in [0.05, 0.1) is 42.2 Å². The molecule has 0 saturated carbocycles. The van der Waals surface area contributed by atoms with Gasteiger partial charge in [-0.3, -0.25) is 14.5 Å². The maximum atomic E-state index is 13.6. The van der Waals surface area contributed by atoms with E-state index in [1.807, 2.05) is 44.2 Å². The van der Waals surface area contributed by atoms with Gasteiger partial charge in [-0.2, -0.15) is 0 Å². The summed E-state index contributed by atoms with van der Waals surface area (Å²) in [5, 5.41) is 11.7. The molecule has 200 valence electrons. The number of ketones is 1. The Morgan fingerprint density at radius 3 is 2.44 bits per heavy atom. The molecule has 1 saturated heterocycles. The quantitative estimate of drug-likeness (QED) is 0.154. The van der Waals surface area contributed by atoms with Crippen molar-refractivity contribution in [1.82, 2.24) is 4.98 Å². The Morgan fingerprint density at radius 2 is 1.72 bits per heavy atom. The first-order valence-corrected chi connectivity index (χ1v) is 13.5. The summed E-state index contributed by atoms with van der Waals surface area (Å²) < 4.78 is 17.5. The largest absolute Gasteiger partial charge is 0.507 e. The molecule has 8 nitrogen and oxygen atoms in total. The number of carbonyl (C=O) groups excluding carboxylic acids is 2. The van der Waals surface area contributed by atoms with Crippen molar-refractivity contribution in [2.45, 2.75) is 26.3 Å². The second kappa shape index (κ2) is 11.2. The van der Waals surface area contributed by atoms with Gasteiger partial charge in [0, 0.05) is 5.56 Å². The molecule has 2 heterocycles. The minimum Gasteiger partial charge on any atom is -0.507 e. The Hall–Kier alpha value is -4.37. The Labute approximate surface area is 230 Å². The van der Waals surface area contributed by atoms with Gasteiger partial charge in [0.25, 0.3) is 5.78 Å². The maximum absolute atomic E-state index is 13.6. The average Bonchev–Trinajstić information content (AvgIpc) is 3.49. The van der Waals surface area contributed by atoms with Crippen LogP contribution in [-0.4, -0.2) is 42.1 Å². The highest BCUT2D eigenvalue weighted by Gasteiger charge is 2.48. The van der Waals surface area contributed by atoms with Crippen molar-refractivity contribution in [2.24, 2.45) is 0 Å². The number of fused-ring (bicyclic) bond motifs is 1. The maximum Gasteiger partial charge on any atom is 0.301 e. The van der Waals surface area contributed by atoms with Crippen LogP contribution in [0.15, 0.2) is 72.3 Å². The smallest absolute Gasteiger partial charge is 0.301 e. The Kier molecular flexibility index (Phi) is 7.51. The van der Waals surface area contributed by atoms with Crippen molar-refractivity contribution in [1.29, 1.82) is 0 Å². The van der Waals surface area contributed by atoms with Gasteiger partial charge < -0.3 is 19.3 Å². The van der Waals surface area contributed by atoms with E-state index in [2.05, 4.69) is 4.98 Å². The molecule has 39 heavy (non-hydrogen) atoms. The van der Waals surface area contributed by atoms with Crippen molar-refractivity contribution in [3.63, 3.8) is 0 Å². The first kappa shape index (κ1) is 26.2. The van der Waals surface area contributed by atoms with Gasteiger partial charge in [-0.25, -0.2) is 4.98 Å². The van der Waals surface area contributed by atoms with Gasteiger partial charge in [-0.05, 0) is 73.5 Å². The third-order valence-electron chi connectivity index (χ3n) is 6.32. The predicted molar refractivity (Wildman–Crippen MR) is 151 cm³/mol. The van der Waals surface area contributed by atoms with Crippen LogP contribution in [0.3, 0.4) is 0 Å². The molecule has 1 aromatic heterocycles. The fourth-order valence-electron chi connectivity index (χ4n) is 4.50. The number of ether oxygens (including phenoxy) is 3. The molecule has 1 aliphatic heterocycles. The van der Waals surface area contributed by atoms with E-state index in [9.17, 15) is 14.7 Å². The molecule has 0 radical (unpaired) electrons. The lowest BCUT2D eigenvalue weighted by molar-refractivity contribution is -0.132. The number of nitrogens with zero attached hydrogens (tertiary/aromatic N) is 2. The molecule has 1 atom stereocenters. The fraction of sp³-hybridized carbons (Fsp3) is 0.233. The molecule has 0 spiro atoms. The molecule has 5 rings (SSSR count). The molecule has 0 aliphatic carbocycles. The Morgan fingerprint density at radius 1 is 0.974 bits per heavy atom. The van der Waals surface area contributed by atoms with Crippen LogP contribution in [0.25, 0.3) is 16.0 Å². The number of thiazole rings is 1. The van der Waals surface area contributed by atoms with E-state index in [0.717, 1.165) is 11.1 Å². The van der Waals surface area contributed by atoms with E-state index in [4.69, 9.17) is 14.2 Å². The summed E-state index contributed by atoms with van der Waals surface area (Å²) in [4.78, 5) is 33.1. The SMILES string of the molecule is CCCOc1cccc(C2C(=C(O)c3ccc(OC)cc3)C(=O)C(=O)N2c2nc3ccc(OCC)cc3s2)c1. The zero-order chi connectivity index (χ0) is 27.5. The molecule has 0 bridgehead atoms. The van der Waals surface area contributed by atoms with Gasteiger partial charge in [-0.1, -0.05) is 30.4 Å². The second-order valence-electron chi connectivity index (χ2n) is 8.88. The minimum atomic E-state index is -0.913. The Balaban J connectivity index is 1.67. The predicted octanol–water partition coefficient (Wildman–Crippen LogP) is 6.12. The van der Waals surface area contributed by atoms with E-state index < -0.39 is 17.7 Å². The summed E-state index contributed by atoms with van der Waals surface area (Å²) in [6, 6.07) is 18.5. The topological polar surface area (TPSA) is 98.2 Å². The zero-order valence-electron chi connectivity index (χ0n) is 21.8. The number of aliphatic hydroxyl groups excluding tert-OH is 1. The number of hydrogen-bond donors (Lipinski definition) is 1. The van der Waals surface area contributed by atoms with Crippen LogP contribution in [0.2, 0.25) is 0 Å². The lowest BCUT2D eigenvalue weighted by Crippen LogP contribution is -2.29. The average molecular weight is 545 g/mol. The molecule has 1 N–H and O–H groups in total. The van der Waals surface area contributed by atoms with Crippen molar-refractivity contribution >= 4 is 44.1 Å². The molecule has 9 heteroatoms. The van der Waals surface area contributed by atoms with Crippen molar-refractivity contribution in [3.05, 3.63) is 83.4 Å². The van der Waals surface area contributed by atoms with Crippen molar-refractivity contribution in [2.75, 3.05) is 25.2 Å². The van der Waals surface area contributed by atoms with E-state index in [1.54, 1.807) is 43.5 Å². The number of benzene rings is 3. The van der Waals surface area contributed by atoms with Crippen LogP contribution in [-0.2, 0) is 9.59 Å². The summed E-state index contributed by atoms with van der Waals surface area (Å²) in [6.45, 7) is 4.96. The molecule has 1 aliphatic rings. The standard InChI is InChI=1S/C30H28N2O6S/c1-4-15-38-21-8-6-7-19(16-21)26-25(27(33)18-9-11-20(36-3)12-10-18)28(34)29(35)32(26)30-31-23-14-13-22(37-5-2)17-24(23)39-30/h6-14,16-17,26,33H,4-5,15H2,1-3H3. The van der Waals surface area contributed by atoms with Crippen LogP contribution in [0, 0.1) is 0 Å². The molecular formula is C30H28N2O6S. The monoisotopic (exact) mass is 544 g/mol.